The van der Waals surface area contributed by atoms with Crippen LogP contribution in [0, 0.1) is 0 Å². The Hall–Kier alpha value is -2.43. The molecule has 5 rings (SSSR count). The number of fused-ring (bicyclic) bond motifs is 5. The molecule has 27 heavy (non-hydrogen) atoms. The third kappa shape index (κ3) is 2.48. The van der Waals surface area contributed by atoms with E-state index in [1.165, 1.54) is 26.9 Å². The maximum Gasteiger partial charge on any atom is 0.494 e. The quantitative estimate of drug-likeness (QED) is 0.362. The van der Waals surface area contributed by atoms with Crippen molar-refractivity contribution >= 4 is 44.9 Å². The summed E-state index contributed by atoms with van der Waals surface area (Å²) in [6, 6.07) is 17.3. The highest BCUT2D eigenvalue weighted by molar-refractivity contribution is 6.62. The molecular weight excluding hydrogens is 333 g/mol. The van der Waals surface area contributed by atoms with Crippen LogP contribution in [0.4, 0.5) is 0 Å². The lowest BCUT2D eigenvalue weighted by Crippen LogP contribution is -2.41. The van der Waals surface area contributed by atoms with Crippen LogP contribution in [-0.4, -0.2) is 23.3 Å². The fourth-order valence-electron chi connectivity index (χ4n) is 3.88. The molecule has 134 valence electrons. The first-order valence-corrected chi connectivity index (χ1v) is 9.40. The zero-order chi connectivity index (χ0) is 18.8. The Kier molecular flexibility index (Phi) is 3.43. The maximum absolute atomic E-state index is 6.23. The van der Waals surface area contributed by atoms with E-state index < -0.39 is 0 Å². The average molecular weight is 355 g/mol. The molecule has 1 fully saturated rings. The second-order valence-corrected chi connectivity index (χ2v) is 8.39. The summed E-state index contributed by atoms with van der Waals surface area (Å²) >= 11 is 0. The van der Waals surface area contributed by atoms with Gasteiger partial charge in [0.25, 0.3) is 0 Å². The van der Waals surface area contributed by atoms with Crippen molar-refractivity contribution in [1.29, 1.82) is 0 Å². The third-order valence-electron chi connectivity index (χ3n) is 6.17. The highest BCUT2D eigenvalue weighted by Crippen LogP contribution is 2.37. The van der Waals surface area contributed by atoms with Crippen molar-refractivity contribution in [2.45, 2.75) is 38.9 Å². The highest BCUT2D eigenvalue weighted by Gasteiger charge is 2.51. The summed E-state index contributed by atoms with van der Waals surface area (Å²) in [5.41, 5.74) is 0.390. The Bertz CT molecular complexity index is 1180. The van der Waals surface area contributed by atoms with Crippen LogP contribution >= 0.6 is 0 Å². The average Bonchev–Trinajstić information content (AvgIpc) is 2.88. The fraction of sp³-hybridized carbons (Fsp3) is 0.261. The van der Waals surface area contributed by atoms with Gasteiger partial charge in [-0.05, 0) is 66.2 Å². The van der Waals surface area contributed by atoms with Crippen LogP contribution in [0.5, 0.6) is 0 Å². The summed E-state index contributed by atoms with van der Waals surface area (Å²) in [6.07, 6.45) is 3.78. The largest absolute Gasteiger partial charge is 0.494 e. The topological polar surface area (TPSA) is 31.4 Å². The Balaban J connectivity index is 1.69. The van der Waals surface area contributed by atoms with Crippen molar-refractivity contribution in [3.63, 3.8) is 0 Å². The Labute approximate surface area is 159 Å². The van der Waals surface area contributed by atoms with E-state index in [2.05, 4.69) is 81.2 Å². The molecule has 4 heteroatoms. The Morgan fingerprint density at radius 1 is 0.741 bits per heavy atom. The van der Waals surface area contributed by atoms with Crippen LogP contribution in [0.15, 0.2) is 60.9 Å². The van der Waals surface area contributed by atoms with Gasteiger partial charge in [0.2, 0.25) is 0 Å². The van der Waals surface area contributed by atoms with E-state index in [0.29, 0.717) is 0 Å². The SMILES string of the molecule is CC1(C)OB(c2ccc3c(ccc4ccc5cnccc5c43)c2)OC1(C)C. The molecule has 3 aromatic carbocycles. The van der Waals surface area contributed by atoms with Crippen LogP contribution in [0.25, 0.3) is 32.3 Å². The first kappa shape index (κ1) is 16.7. The number of nitrogens with zero attached hydrogens (tertiary/aromatic N) is 1. The lowest BCUT2D eigenvalue weighted by molar-refractivity contribution is 0.00578. The lowest BCUT2D eigenvalue weighted by Gasteiger charge is -2.32. The van der Waals surface area contributed by atoms with Gasteiger partial charge in [-0.15, -0.1) is 0 Å². The van der Waals surface area contributed by atoms with Crippen molar-refractivity contribution in [1.82, 2.24) is 4.98 Å². The number of aromatic nitrogens is 1. The minimum Gasteiger partial charge on any atom is -0.399 e. The van der Waals surface area contributed by atoms with Crippen LogP contribution in [0.2, 0.25) is 0 Å². The normalized spacial score (nSPS) is 18.6. The first-order valence-electron chi connectivity index (χ1n) is 9.40. The van der Waals surface area contributed by atoms with E-state index in [4.69, 9.17) is 9.31 Å². The van der Waals surface area contributed by atoms with Crippen molar-refractivity contribution in [3.05, 3.63) is 60.9 Å². The standard InChI is InChI=1S/C23H22BNO2/c1-22(2)23(3,4)27-24(26-22)18-9-10-19-16(13-18)7-5-15-6-8-17-14-25-12-11-20(17)21(15)19/h5-14H,1-4H3. The predicted octanol–water partition coefficient (Wildman–Crippen LogP) is 4.84. The number of hydrogen-bond acceptors (Lipinski definition) is 3. The zero-order valence-corrected chi connectivity index (χ0v) is 16.1. The van der Waals surface area contributed by atoms with Crippen LogP contribution in [0.3, 0.4) is 0 Å². The molecule has 0 saturated carbocycles. The number of rotatable bonds is 1. The molecule has 1 aliphatic rings. The second-order valence-electron chi connectivity index (χ2n) is 8.39. The summed E-state index contributed by atoms with van der Waals surface area (Å²) in [5, 5.41) is 7.34. The molecule has 2 heterocycles. The monoisotopic (exact) mass is 355 g/mol. The summed E-state index contributed by atoms with van der Waals surface area (Å²) in [7, 11) is -0.341. The number of hydrogen-bond donors (Lipinski definition) is 0. The molecule has 4 aromatic rings. The highest BCUT2D eigenvalue weighted by atomic mass is 16.7. The van der Waals surface area contributed by atoms with Crippen molar-refractivity contribution in [2.24, 2.45) is 0 Å². The fourth-order valence-corrected chi connectivity index (χ4v) is 3.88. The molecule has 1 saturated heterocycles. The van der Waals surface area contributed by atoms with Gasteiger partial charge in [0, 0.05) is 17.8 Å². The molecular formula is C23H22BNO2. The van der Waals surface area contributed by atoms with E-state index in [1.54, 1.807) is 0 Å². The van der Waals surface area contributed by atoms with Gasteiger partial charge in [-0.1, -0.05) is 42.5 Å². The maximum atomic E-state index is 6.23. The summed E-state index contributed by atoms with van der Waals surface area (Å²) in [5.74, 6) is 0. The van der Waals surface area contributed by atoms with Crippen LogP contribution < -0.4 is 5.46 Å². The second kappa shape index (κ2) is 5.54. The van der Waals surface area contributed by atoms with Gasteiger partial charge in [-0.2, -0.15) is 0 Å². The minimum atomic E-state index is -0.341. The van der Waals surface area contributed by atoms with Crippen molar-refractivity contribution in [2.75, 3.05) is 0 Å². The van der Waals surface area contributed by atoms with E-state index >= 15 is 0 Å². The lowest BCUT2D eigenvalue weighted by atomic mass is 9.78. The van der Waals surface area contributed by atoms with Gasteiger partial charge in [-0.3, -0.25) is 4.98 Å². The van der Waals surface area contributed by atoms with Crippen LogP contribution in [0.1, 0.15) is 27.7 Å². The molecule has 0 aliphatic carbocycles. The first-order chi connectivity index (χ1) is 12.9. The van der Waals surface area contributed by atoms with Gasteiger partial charge < -0.3 is 9.31 Å². The Morgan fingerprint density at radius 3 is 2.11 bits per heavy atom. The van der Waals surface area contributed by atoms with E-state index in [1.807, 2.05) is 12.4 Å². The molecule has 0 unspecified atom stereocenters. The summed E-state index contributed by atoms with van der Waals surface area (Å²) in [4.78, 5) is 4.26. The number of pyridine rings is 1. The molecule has 0 N–H and O–H groups in total. The van der Waals surface area contributed by atoms with Gasteiger partial charge in [-0.25, -0.2) is 0 Å². The predicted molar refractivity (Wildman–Crippen MR) is 112 cm³/mol. The summed E-state index contributed by atoms with van der Waals surface area (Å²) in [6.45, 7) is 8.34. The molecule has 1 aromatic heterocycles. The molecule has 0 bridgehead atoms. The summed E-state index contributed by atoms with van der Waals surface area (Å²) < 4.78 is 12.5. The van der Waals surface area contributed by atoms with E-state index in [9.17, 15) is 0 Å². The molecule has 1 aliphatic heterocycles. The molecule has 0 amide bonds. The molecule has 0 atom stereocenters. The van der Waals surface area contributed by atoms with Gasteiger partial charge in [0.15, 0.2) is 0 Å². The van der Waals surface area contributed by atoms with E-state index in [-0.39, 0.29) is 18.3 Å². The van der Waals surface area contributed by atoms with Gasteiger partial charge >= 0.3 is 7.12 Å². The van der Waals surface area contributed by atoms with Crippen LogP contribution in [-0.2, 0) is 9.31 Å². The Morgan fingerprint density at radius 2 is 1.37 bits per heavy atom. The molecule has 3 nitrogen and oxygen atoms in total. The van der Waals surface area contributed by atoms with Crippen molar-refractivity contribution < 1.29 is 9.31 Å². The van der Waals surface area contributed by atoms with Gasteiger partial charge in [0.05, 0.1) is 11.2 Å². The minimum absolute atomic E-state index is 0.334. The number of benzene rings is 3. The molecule has 0 radical (unpaired) electrons. The van der Waals surface area contributed by atoms with Crippen molar-refractivity contribution in [3.8, 4) is 0 Å². The molecule has 0 spiro atoms. The van der Waals surface area contributed by atoms with Gasteiger partial charge in [0.1, 0.15) is 0 Å². The smallest absolute Gasteiger partial charge is 0.399 e. The zero-order valence-electron chi connectivity index (χ0n) is 16.1. The third-order valence-corrected chi connectivity index (χ3v) is 6.17. The van der Waals surface area contributed by atoms with E-state index in [0.717, 1.165) is 10.8 Å².